The van der Waals surface area contributed by atoms with E-state index < -0.39 is 29.0 Å². The summed E-state index contributed by atoms with van der Waals surface area (Å²) >= 11 is 0. The summed E-state index contributed by atoms with van der Waals surface area (Å²) in [6.45, 7) is 0. The van der Waals surface area contributed by atoms with Gasteiger partial charge in [-0.1, -0.05) is 36.4 Å². The molecule has 0 spiro atoms. The molecule has 0 heterocycles. The predicted molar refractivity (Wildman–Crippen MR) is 62.9 cm³/mol. The second-order valence-corrected chi connectivity index (χ2v) is 4.03. The Bertz CT molecular complexity index is 528. The van der Waals surface area contributed by atoms with Crippen LogP contribution in [0.15, 0.2) is 54.0 Å². The number of rotatable bonds is 2. The maximum absolute atomic E-state index is 12.0. The average Bonchev–Trinajstić information content (AvgIpc) is 2.37. The first-order valence-corrected chi connectivity index (χ1v) is 5.29. The van der Waals surface area contributed by atoms with Crippen LogP contribution < -0.4 is 0 Å². The summed E-state index contributed by atoms with van der Waals surface area (Å²) in [6, 6.07) is 8.22. The molecule has 18 heavy (non-hydrogen) atoms. The quantitative estimate of drug-likeness (QED) is 0.356. The fourth-order valence-corrected chi connectivity index (χ4v) is 1.73. The molecule has 1 aromatic rings. The zero-order valence-corrected chi connectivity index (χ0v) is 9.32. The molecule has 0 fully saturated rings. The molecule has 0 amide bonds. The first kappa shape index (κ1) is 12.3. The molecular formula is C13H12O5. The minimum absolute atomic E-state index is 0.356. The maximum atomic E-state index is 12.0. The van der Waals surface area contributed by atoms with Crippen molar-refractivity contribution in [2.75, 3.05) is 0 Å². The van der Waals surface area contributed by atoms with Crippen LogP contribution in [0.5, 0.6) is 0 Å². The molecule has 0 saturated carbocycles. The van der Waals surface area contributed by atoms with E-state index >= 15 is 0 Å². The first-order valence-electron chi connectivity index (χ1n) is 5.29. The summed E-state index contributed by atoms with van der Waals surface area (Å²) in [7, 11) is 0. The second kappa shape index (κ2) is 4.29. The highest BCUT2D eigenvalue weighted by Crippen LogP contribution is 2.29. The Morgan fingerprint density at radius 2 is 1.72 bits per heavy atom. The van der Waals surface area contributed by atoms with E-state index in [2.05, 4.69) is 0 Å². The van der Waals surface area contributed by atoms with Crippen LogP contribution in [-0.2, 0) is 0 Å². The van der Waals surface area contributed by atoms with Crippen LogP contribution >= 0.6 is 0 Å². The monoisotopic (exact) mass is 248 g/mol. The molecule has 0 aromatic heterocycles. The number of benzene rings is 1. The number of allylic oxidation sites excluding steroid dienone is 1. The minimum atomic E-state index is -2.63. The van der Waals surface area contributed by atoms with Crippen LogP contribution in [0.1, 0.15) is 10.4 Å². The molecule has 0 bridgehead atoms. The Balaban J connectivity index is 2.35. The summed E-state index contributed by atoms with van der Waals surface area (Å²) < 4.78 is 0. The van der Waals surface area contributed by atoms with E-state index in [1.54, 1.807) is 30.3 Å². The highest BCUT2D eigenvalue weighted by Gasteiger charge is 2.38. The molecule has 5 heteroatoms. The minimum Gasteiger partial charge on any atom is -0.507 e. The van der Waals surface area contributed by atoms with E-state index in [4.69, 9.17) is 0 Å². The van der Waals surface area contributed by atoms with Gasteiger partial charge < -0.3 is 20.4 Å². The average molecular weight is 248 g/mol. The normalized spacial score (nSPS) is 22.0. The largest absolute Gasteiger partial charge is 0.507 e. The lowest BCUT2D eigenvalue weighted by Crippen LogP contribution is -2.35. The molecule has 1 aliphatic carbocycles. The molecule has 1 aliphatic rings. The first-order chi connectivity index (χ1) is 8.43. The summed E-state index contributed by atoms with van der Waals surface area (Å²) in [4.78, 5) is 12.0. The van der Waals surface area contributed by atoms with Crippen LogP contribution in [0.3, 0.4) is 0 Å². The van der Waals surface area contributed by atoms with E-state index in [0.29, 0.717) is 5.56 Å². The van der Waals surface area contributed by atoms with Gasteiger partial charge >= 0.3 is 0 Å². The molecule has 2 rings (SSSR count). The van der Waals surface area contributed by atoms with Gasteiger partial charge in [-0.05, 0) is 6.08 Å². The van der Waals surface area contributed by atoms with Crippen LogP contribution in [0.4, 0.5) is 0 Å². The molecule has 94 valence electrons. The lowest BCUT2D eigenvalue weighted by atomic mass is 9.89. The van der Waals surface area contributed by atoms with Gasteiger partial charge in [-0.25, -0.2) is 0 Å². The van der Waals surface area contributed by atoms with Gasteiger partial charge in [-0.3, -0.25) is 4.79 Å². The number of carbonyl (C=O) groups is 1. The number of Topliss-reactive ketones (excluding diaryl/α,β-unsaturated/α-hetero) is 1. The fourth-order valence-electron chi connectivity index (χ4n) is 1.73. The van der Waals surface area contributed by atoms with Crippen molar-refractivity contribution in [1.82, 2.24) is 0 Å². The molecule has 1 atom stereocenters. The highest BCUT2D eigenvalue weighted by atomic mass is 16.5. The smallest absolute Gasteiger partial charge is 0.246 e. The predicted octanol–water partition coefficient (Wildman–Crippen LogP) is 1.06. The van der Waals surface area contributed by atoms with Crippen molar-refractivity contribution in [3.63, 3.8) is 0 Å². The molecule has 4 N–H and O–H groups in total. The molecule has 0 aliphatic heterocycles. The van der Waals surface area contributed by atoms with E-state index in [0.717, 1.165) is 12.2 Å². The third-order valence-electron chi connectivity index (χ3n) is 2.75. The summed E-state index contributed by atoms with van der Waals surface area (Å²) in [6.07, 6.45) is 2.00. The van der Waals surface area contributed by atoms with Gasteiger partial charge in [-0.2, -0.15) is 0 Å². The van der Waals surface area contributed by atoms with Gasteiger partial charge in [0.1, 0.15) is 5.92 Å². The molecule has 1 aromatic carbocycles. The van der Waals surface area contributed by atoms with Gasteiger partial charge in [0.25, 0.3) is 0 Å². The molecule has 0 saturated heterocycles. The fraction of sp³-hybridized carbons (Fsp3) is 0.154. The third kappa shape index (κ3) is 2.01. The van der Waals surface area contributed by atoms with Crippen LogP contribution in [-0.4, -0.2) is 32.0 Å². The lowest BCUT2D eigenvalue weighted by molar-refractivity contribution is -0.117. The van der Waals surface area contributed by atoms with E-state index in [1.165, 1.54) is 0 Å². The van der Waals surface area contributed by atoms with Crippen LogP contribution in [0.2, 0.25) is 0 Å². The number of hydrogen-bond donors (Lipinski definition) is 4. The number of aliphatic hydroxyl groups excluding tert-OH is 2. The second-order valence-electron chi connectivity index (χ2n) is 4.03. The number of ketones is 1. The lowest BCUT2D eigenvalue weighted by Gasteiger charge is -2.25. The summed E-state index contributed by atoms with van der Waals surface area (Å²) in [5.41, 5.74) is 0.356. The van der Waals surface area contributed by atoms with Crippen LogP contribution in [0.25, 0.3) is 0 Å². The van der Waals surface area contributed by atoms with E-state index in [1.807, 2.05) is 0 Å². The Morgan fingerprint density at radius 3 is 2.33 bits per heavy atom. The molecular weight excluding hydrogens is 236 g/mol. The van der Waals surface area contributed by atoms with Gasteiger partial charge in [-0.15, -0.1) is 0 Å². The van der Waals surface area contributed by atoms with Crippen molar-refractivity contribution in [1.29, 1.82) is 0 Å². The highest BCUT2D eigenvalue weighted by molar-refractivity contribution is 6.00. The van der Waals surface area contributed by atoms with Crippen LogP contribution in [0, 0.1) is 5.92 Å². The van der Waals surface area contributed by atoms with Crippen molar-refractivity contribution >= 4 is 5.78 Å². The van der Waals surface area contributed by atoms with Gasteiger partial charge in [0, 0.05) is 5.56 Å². The number of hydrogen-bond acceptors (Lipinski definition) is 5. The Morgan fingerprint density at radius 1 is 1.11 bits per heavy atom. The maximum Gasteiger partial charge on any atom is 0.246 e. The van der Waals surface area contributed by atoms with Crippen molar-refractivity contribution in [3.8, 4) is 0 Å². The molecule has 0 radical (unpaired) electrons. The van der Waals surface area contributed by atoms with Crippen molar-refractivity contribution in [2.45, 2.75) is 5.79 Å². The van der Waals surface area contributed by atoms with Crippen molar-refractivity contribution in [2.24, 2.45) is 5.92 Å². The number of aliphatic hydroxyl groups is 4. The Kier molecular flexibility index (Phi) is 2.94. The molecule has 1 unspecified atom stereocenters. The van der Waals surface area contributed by atoms with E-state index in [9.17, 15) is 25.2 Å². The standard InChI is InChI=1S/C13H12O5/c14-10(8-4-2-1-3-5-8)9-6-7-13(17,18)12(16)11(9)15/h1-7,9,15-18H. The zero-order valence-electron chi connectivity index (χ0n) is 9.32. The van der Waals surface area contributed by atoms with Gasteiger partial charge in [0.05, 0.1) is 0 Å². The van der Waals surface area contributed by atoms with Gasteiger partial charge in [0.2, 0.25) is 5.79 Å². The van der Waals surface area contributed by atoms with E-state index in [-0.39, 0.29) is 0 Å². The van der Waals surface area contributed by atoms with Crippen molar-refractivity contribution in [3.05, 3.63) is 59.6 Å². The Labute approximate surface area is 103 Å². The molecule has 5 nitrogen and oxygen atoms in total. The van der Waals surface area contributed by atoms with Crippen molar-refractivity contribution < 1.29 is 25.2 Å². The van der Waals surface area contributed by atoms with Gasteiger partial charge in [0.15, 0.2) is 17.3 Å². The summed E-state index contributed by atoms with van der Waals surface area (Å²) in [5.74, 6) is -5.96. The zero-order chi connectivity index (χ0) is 13.3. The third-order valence-corrected chi connectivity index (χ3v) is 2.75. The number of carbonyl (C=O) groups excluding carboxylic acids is 1. The topological polar surface area (TPSA) is 98.0 Å². The Hall–Kier alpha value is -2.11. The SMILES string of the molecule is O=C(c1ccccc1)C1C=CC(O)(O)C(O)=C1O. The summed E-state index contributed by atoms with van der Waals surface area (Å²) in [5, 5.41) is 37.6.